The highest BCUT2D eigenvalue weighted by molar-refractivity contribution is 5.45. The summed E-state index contributed by atoms with van der Waals surface area (Å²) < 4.78 is 12.9. The molecule has 0 aliphatic carbocycles. The molecule has 0 saturated carbocycles. The Morgan fingerprint density at radius 1 is 0.833 bits per heavy atom. The molecule has 0 heterocycles. The second kappa shape index (κ2) is 5.65. The van der Waals surface area contributed by atoms with Crippen LogP contribution in [-0.4, -0.2) is 14.1 Å². The van der Waals surface area contributed by atoms with Crippen LogP contribution in [0, 0.1) is 5.82 Å². The van der Waals surface area contributed by atoms with Gasteiger partial charge in [0.15, 0.2) is 0 Å². The first kappa shape index (κ1) is 12.6. The lowest BCUT2D eigenvalue weighted by Crippen LogP contribution is -2.17. The molecular weight excluding hydrogens is 227 g/mol. The van der Waals surface area contributed by atoms with Crippen LogP contribution in [0.4, 0.5) is 10.1 Å². The van der Waals surface area contributed by atoms with Crippen molar-refractivity contribution in [3.8, 4) is 0 Å². The molecule has 0 spiro atoms. The lowest BCUT2D eigenvalue weighted by molar-refractivity contribution is 0.623. The van der Waals surface area contributed by atoms with Crippen molar-refractivity contribution in [3.63, 3.8) is 0 Å². The van der Waals surface area contributed by atoms with E-state index in [0.717, 1.165) is 16.8 Å². The Labute approximate surface area is 107 Å². The molecule has 0 aliphatic rings. The van der Waals surface area contributed by atoms with E-state index in [-0.39, 0.29) is 11.9 Å². The minimum Gasteiger partial charge on any atom is -0.388 e. The van der Waals surface area contributed by atoms with Gasteiger partial charge in [-0.3, -0.25) is 0 Å². The number of hydrogen-bond donors (Lipinski definition) is 2. The monoisotopic (exact) mass is 244 g/mol. The van der Waals surface area contributed by atoms with Gasteiger partial charge < -0.3 is 10.6 Å². The quantitative estimate of drug-likeness (QED) is 0.863. The highest BCUT2D eigenvalue weighted by Crippen LogP contribution is 2.23. The molecule has 1 unspecified atom stereocenters. The molecule has 0 radical (unpaired) electrons. The molecular formula is C15H17FN2. The Morgan fingerprint density at radius 2 is 1.33 bits per heavy atom. The number of benzene rings is 2. The normalized spacial score (nSPS) is 12.2. The van der Waals surface area contributed by atoms with Crippen LogP contribution < -0.4 is 10.6 Å². The van der Waals surface area contributed by atoms with Gasteiger partial charge in [-0.15, -0.1) is 0 Å². The molecule has 0 aromatic heterocycles. The zero-order chi connectivity index (χ0) is 13.0. The maximum atomic E-state index is 12.9. The van der Waals surface area contributed by atoms with Crippen molar-refractivity contribution in [2.75, 3.05) is 19.4 Å². The van der Waals surface area contributed by atoms with Crippen LogP contribution in [0.3, 0.4) is 0 Å². The van der Waals surface area contributed by atoms with Crippen molar-refractivity contribution in [2.45, 2.75) is 6.04 Å². The number of nitrogens with one attached hydrogen (secondary N) is 2. The number of rotatable bonds is 4. The SMILES string of the molecule is CNc1ccc(C(NC)c2ccc(F)cc2)cc1. The van der Waals surface area contributed by atoms with Crippen molar-refractivity contribution >= 4 is 5.69 Å². The van der Waals surface area contributed by atoms with E-state index >= 15 is 0 Å². The van der Waals surface area contributed by atoms with E-state index in [9.17, 15) is 4.39 Å². The number of hydrogen-bond acceptors (Lipinski definition) is 2. The predicted octanol–water partition coefficient (Wildman–Crippen LogP) is 3.18. The van der Waals surface area contributed by atoms with Gasteiger partial charge in [-0.25, -0.2) is 4.39 Å². The van der Waals surface area contributed by atoms with Gasteiger partial charge >= 0.3 is 0 Å². The topological polar surface area (TPSA) is 24.1 Å². The second-order valence-electron chi connectivity index (χ2n) is 4.15. The fourth-order valence-corrected chi connectivity index (χ4v) is 2.02. The summed E-state index contributed by atoms with van der Waals surface area (Å²) in [7, 11) is 3.80. The van der Waals surface area contributed by atoms with E-state index in [1.165, 1.54) is 12.1 Å². The van der Waals surface area contributed by atoms with Crippen LogP contribution in [0.25, 0.3) is 0 Å². The van der Waals surface area contributed by atoms with Gasteiger partial charge in [-0.2, -0.15) is 0 Å². The van der Waals surface area contributed by atoms with Crippen LogP contribution in [0.1, 0.15) is 17.2 Å². The zero-order valence-corrected chi connectivity index (χ0v) is 10.6. The lowest BCUT2D eigenvalue weighted by atomic mass is 9.98. The fourth-order valence-electron chi connectivity index (χ4n) is 2.02. The summed E-state index contributed by atoms with van der Waals surface area (Å²) >= 11 is 0. The maximum absolute atomic E-state index is 12.9. The van der Waals surface area contributed by atoms with Crippen molar-refractivity contribution in [3.05, 3.63) is 65.5 Å². The van der Waals surface area contributed by atoms with E-state index in [0.29, 0.717) is 0 Å². The lowest BCUT2D eigenvalue weighted by Gasteiger charge is -2.17. The number of halogens is 1. The average Bonchev–Trinajstić information content (AvgIpc) is 2.42. The molecule has 2 aromatic rings. The smallest absolute Gasteiger partial charge is 0.123 e. The first-order valence-electron chi connectivity index (χ1n) is 5.95. The zero-order valence-electron chi connectivity index (χ0n) is 10.6. The van der Waals surface area contributed by atoms with Gasteiger partial charge in [0.05, 0.1) is 6.04 Å². The highest BCUT2D eigenvalue weighted by Gasteiger charge is 2.11. The van der Waals surface area contributed by atoms with Gasteiger partial charge in [0, 0.05) is 12.7 Å². The molecule has 2 rings (SSSR count). The molecule has 2 N–H and O–H groups in total. The van der Waals surface area contributed by atoms with Crippen molar-refractivity contribution in [2.24, 2.45) is 0 Å². The van der Waals surface area contributed by atoms with Gasteiger partial charge in [-0.1, -0.05) is 24.3 Å². The largest absolute Gasteiger partial charge is 0.388 e. The summed E-state index contributed by atoms with van der Waals surface area (Å²) in [6.45, 7) is 0. The minimum absolute atomic E-state index is 0.0801. The molecule has 18 heavy (non-hydrogen) atoms. The predicted molar refractivity (Wildman–Crippen MR) is 73.3 cm³/mol. The van der Waals surface area contributed by atoms with Crippen molar-refractivity contribution in [1.82, 2.24) is 5.32 Å². The summed E-state index contributed by atoms with van der Waals surface area (Å²) in [6, 6.07) is 14.9. The van der Waals surface area contributed by atoms with Crippen LogP contribution in [-0.2, 0) is 0 Å². The second-order valence-corrected chi connectivity index (χ2v) is 4.15. The Kier molecular flexibility index (Phi) is 3.95. The molecule has 0 bridgehead atoms. The molecule has 1 atom stereocenters. The van der Waals surface area contributed by atoms with E-state index in [4.69, 9.17) is 0 Å². The minimum atomic E-state index is -0.209. The van der Waals surface area contributed by atoms with Gasteiger partial charge in [0.2, 0.25) is 0 Å². The Balaban J connectivity index is 2.29. The van der Waals surface area contributed by atoms with Crippen LogP contribution in [0.5, 0.6) is 0 Å². The number of anilines is 1. The first-order valence-corrected chi connectivity index (χ1v) is 5.95. The molecule has 3 heteroatoms. The fraction of sp³-hybridized carbons (Fsp3) is 0.200. The molecule has 0 saturated heterocycles. The summed E-state index contributed by atoms with van der Waals surface area (Å²) in [6.07, 6.45) is 0. The maximum Gasteiger partial charge on any atom is 0.123 e. The Hall–Kier alpha value is -1.87. The third kappa shape index (κ3) is 2.68. The Bertz CT molecular complexity index is 491. The summed E-state index contributed by atoms with van der Waals surface area (Å²) in [4.78, 5) is 0. The van der Waals surface area contributed by atoms with E-state index < -0.39 is 0 Å². The average molecular weight is 244 g/mol. The van der Waals surface area contributed by atoms with Gasteiger partial charge in [0.25, 0.3) is 0 Å². The molecule has 2 nitrogen and oxygen atoms in total. The van der Waals surface area contributed by atoms with Crippen molar-refractivity contribution < 1.29 is 4.39 Å². The van der Waals surface area contributed by atoms with E-state index in [1.807, 2.05) is 38.4 Å². The van der Waals surface area contributed by atoms with Crippen LogP contribution in [0.2, 0.25) is 0 Å². The Morgan fingerprint density at radius 3 is 1.78 bits per heavy atom. The van der Waals surface area contributed by atoms with E-state index in [2.05, 4.69) is 22.8 Å². The van der Waals surface area contributed by atoms with Crippen LogP contribution in [0.15, 0.2) is 48.5 Å². The summed E-state index contributed by atoms with van der Waals surface area (Å²) in [5.74, 6) is -0.209. The first-order chi connectivity index (χ1) is 8.74. The van der Waals surface area contributed by atoms with Crippen LogP contribution >= 0.6 is 0 Å². The highest BCUT2D eigenvalue weighted by atomic mass is 19.1. The molecule has 94 valence electrons. The molecule has 0 fully saturated rings. The van der Waals surface area contributed by atoms with Crippen molar-refractivity contribution in [1.29, 1.82) is 0 Å². The standard InChI is InChI=1S/C15H17FN2/c1-17-14-9-5-12(6-10-14)15(18-2)11-3-7-13(16)8-4-11/h3-10,15,17-18H,1-2H3. The third-order valence-corrected chi connectivity index (χ3v) is 3.02. The summed E-state index contributed by atoms with van der Waals surface area (Å²) in [5, 5.41) is 6.34. The van der Waals surface area contributed by atoms with Gasteiger partial charge in [0.1, 0.15) is 5.82 Å². The molecule has 0 amide bonds. The van der Waals surface area contributed by atoms with E-state index in [1.54, 1.807) is 0 Å². The molecule has 0 aliphatic heterocycles. The molecule has 2 aromatic carbocycles. The third-order valence-electron chi connectivity index (χ3n) is 3.02. The van der Waals surface area contributed by atoms with Gasteiger partial charge in [-0.05, 0) is 42.4 Å². The summed E-state index contributed by atoms with van der Waals surface area (Å²) in [5.41, 5.74) is 3.28.